The molecular weight excluding hydrogens is 396 g/mol. The molecule has 3 rings (SSSR count). The zero-order chi connectivity index (χ0) is 21.3. The molecule has 2 aliphatic rings. The van der Waals surface area contributed by atoms with Gasteiger partial charge in [0.25, 0.3) is 0 Å². The van der Waals surface area contributed by atoms with Crippen LogP contribution >= 0.6 is 0 Å². The minimum atomic E-state index is -0.708. The Morgan fingerprint density at radius 2 is 2.07 bits per heavy atom. The van der Waals surface area contributed by atoms with Crippen molar-refractivity contribution < 1.29 is 4.21 Å². The maximum Gasteiger partial charge on any atom is 0.191 e. The summed E-state index contributed by atoms with van der Waals surface area (Å²) < 4.78 is 12.2. The van der Waals surface area contributed by atoms with Crippen molar-refractivity contribution in [3.8, 4) is 0 Å². The Morgan fingerprint density at radius 1 is 1.27 bits per heavy atom. The second kappa shape index (κ2) is 11.6. The number of rotatable bonds is 7. The highest BCUT2D eigenvalue weighted by Crippen LogP contribution is 2.23. The molecular formula is C22H38N6OS. The number of nitrogens with one attached hydrogen (secondary N) is 2. The Balaban J connectivity index is 1.51. The lowest BCUT2D eigenvalue weighted by Crippen LogP contribution is -2.46. The first-order chi connectivity index (χ1) is 14.6. The number of hydrogen-bond donors (Lipinski definition) is 2. The number of pyridine rings is 1. The van der Waals surface area contributed by atoms with E-state index in [0.29, 0.717) is 17.8 Å². The van der Waals surface area contributed by atoms with Gasteiger partial charge in [-0.2, -0.15) is 0 Å². The summed E-state index contributed by atoms with van der Waals surface area (Å²) in [5.41, 5.74) is 1.20. The predicted molar refractivity (Wildman–Crippen MR) is 127 cm³/mol. The lowest BCUT2D eigenvalue weighted by molar-refractivity contribution is 0.270. The maximum atomic E-state index is 12.2. The fourth-order valence-electron chi connectivity index (χ4n) is 4.36. The van der Waals surface area contributed by atoms with Gasteiger partial charge in [0.1, 0.15) is 5.82 Å². The van der Waals surface area contributed by atoms with Crippen molar-refractivity contribution in [1.82, 2.24) is 20.5 Å². The number of anilines is 1. The highest BCUT2D eigenvalue weighted by molar-refractivity contribution is 7.85. The number of guanidine groups is 1. The van der Waals surface area contributed by atoms with Crippen molar-refractivity contribution in [2.45, 2.75) is 57.4 Å². The van der Waals surface area contributed by atoms with Gasteiger partial charge in [-0.3, -0.25) is 9.20 Å². The number of aliphatic imine (C=N–C) groups is 1. The zero-order valence-corrected chi connectivity index (χ0v) is 19.6. The summed E-state index contributed by atoms with van der Waals surface area (Å²) in [5.74, 6) is 2.63. The van der Waals surface area contributed by atoms with Crippen LogP contribution in [0.4, 0.5) is 5.82 Å². The normalized spacial score (nSPS) is 24.5. The maximum absolute atomic E-state index is 12.2. The highest BCUT2D eigenvalue weighted by atomic mass is 32.2. The summed E-state index contributed by atoms with van der Waals surface area (Å²) in [7, 11) is 1.10. The molecule has 0 spiro atoms. The topological polar surface area (TPSA) is 72.9 Å². The first-order valence-corrected chi connectivity index (χ1v) is 12.8. The first kappa shape index (κ1) is 23.0. The molecule has 1 saturated carbocycles. The van der Waals surface area contributed by atoms with E-state index in [1.54, 1.807) is 0 Å². The summed E-state index contributed by atoms with van der Waals surface area (Å²) in [4.78, 5) is 13.8. The van der Waals surface area contributed by atoms with Gasteiger partial charge >= 0.3 is 0 Å². The monoisotopic (exact) mass is 434 g/mol. The molecule has 0 bridgehead atoms. The minimum Gasteiger partial charge on any atom is -0.354 e. The number of nitrogens with zero attached hydrogens (tertiary/aromatic N) is 4. The third-order valence-corrected chi connectivity index (χ3v) is 8.00. The van der Waals surface area contributed by atoms with Crippen LogP contribution in [0.2, 0.25) is 0 Å². The minimum absolute atomic E-state index is 0.315. The Kier molecular flexibility index (Phi) is 8.93. The quantitative estimate of drug-likeness (QED) is 0.505. The molecule has 2 N–H and O–H groups in total. The van der Waals surface area contributed by atoms with Gasteiger partial charge in [0.15, 0.2) is 5.96 Å². The fraction of sp³-hybridized carbons (Fsp3) is 0.727. The predicted octanol–water partition coefficient (Wildman–Crippen LogP) is 1.97. The zero-order valence-electron chi connectivity index (χ0n) is 18.8. The molecule has 2 heterocycles. The summed E-state index contributed by atoms with van der Waals surface area (Å²) in [6, 6.07) is 4.59. The van der Waals surface area contributed by atoms with Crippen molar-refractivity contribution in [2.24, 2.45) is 4.99 Å². The molecule has 30 heavy (non-hydrogen) atoms. The summed E-state index contributed by atoms with van der Waals surface area (Å²) in [6.07, 6.45) is 6.19. The van der Waals surface area contributed by atoms with E-state index in [9.17, 15) is 4.21 Å². The van der Waals surface area contributed by atoms with Crippen LogP contribution in [0.15, 0.2) is 23.3 Å². The van der Waals surface area contributed by atoms with Crippen LogP contribution in [0.5, 0.6) is 0 Å². The van der Waals surface area contributed by atoms with Gasteiger partial charge in [-0.15, -0.1) is 0 Å². The second-order valence-electron chi connectivity index (χ2n) is 8.17. The lowest BCUT2D eigenvalue weighted by Gasteiger charge is -2.34. The first-order valence-electron chi connectivity index (χ1n) is 11.4. The van der Waals surface area contributed by atoms with Gasteiger partial charge in [0, 0.05) is 73.8 Å². The van der Waals surface area contributed by atoms with Crippen LogP contribution < -0.4 is 15.5 Å². The molecule has 3 unspecified atom stereocenters. The molecule has 0 aromatic carbocycles. The second-order valence-corrected chi connectivity index (χ2v) is 10.2. The van der Waals surface area contributed by atoms with E-state index in [0.717, 1.165) is 75.9 Å². The summed E-state index contributed by atoms with van der Waals surface area (Å²) in [5, 5.41) is 7.31. The van der Waals surface area contributed by atoms with Crippen molar-refractivity contribution in [2.75, 3.05) is 50.4 Å². The highest BCUT2D eigenvalue weighted by Gasteiger charge is 2.26. The third kappa shape index (κ3) is 6.41. The summed E-state index contributed by atoms with van der Waals surface area (Å²) >= 11 is 0. The largest absolute Gasteiger partial charge is 0.354 e. The number of piperazine rings is 1. The van der Waals surface area contributed by atoms with E-state index >= 15 is 0 Å². The van der Waals surface area contributed by atoms with Gasteiger partial charge in [-0.1, -0.05) is 20.3 Å². The van der Waals surface area contributed by atoms with Crippen LogP contribution in [0.1, 0.15) is 45.1 Å². The van der Waals surface area contributed by atoms with Crippen molar-refractivity contribution in [3.63, 3.8) is 0 Å². The molecule has 1 aliphatic heterocycles. The Hall–Kier alpha value is -1.67. The van der Waals surface area contributed by atoms with E-state index < -0.39 is 10.8 Å². The molecule has 0 radical (unpaired) electrons. The molecule has 3 atom stereocenters. The Bertz CT molecular complexity index is 719. The van der Waals surface area contributed by atoms with Crippen LogP contribution in [0, 0.1) is 0 Å². The summed E-state index contributed by atoms with van der Waals surface area (Å²) in [6.45, 7) is 10.3. The van der Waals surface area contributed by atoms with Gasteiger partial charge in [-0.05, 0) is 43.5 Å². The molecule has 1 saturated heterocycles. The van der Waals surface area contributed by atoms with Crippen LogP contribution in [0.25, 0.3) is 0 Å². The molecule has 2 fully saturated rings. The van der Waals surface area contributed by atoms with Crippen LogP contribution in [0.3, 0.4) is 0 Å². The standard InChI is InChI=1S/C22H38N6OS/c1-4-27-11-13-28(14-12-27)21-15-18(9-10-24-21)17-25-22(23-3)26-19-7-6-8-20(16-19)30(29)5-2/h9-10,15,19-20H,4-8,11-14,16-17H2,1-3H3,(H2,23,25,26). The average molecular weight is 435 g/mol. The Labute approximate surface area is 184 Å². The third-order valence-electron chi connectivity index (χ3n) is 6.26. The number of hydrogen-bond acceptors (Lipinski definition) is 5. The molecule has 7 nitrogen and oxygen atoms in total. The van der Waals surface area contributed by atoms with E-state index in [1.807, 2.05) is 20.2 Å². The molecule has 1 aromatic rings. The van der Waals surface area contributed by atoms with E-state index in [4.69, 9.17) is 0 Å². The smallest absolute Gasteiger partial charge is 0.191 e. The molecule has 0 amide bonds. The number of likely N-dealkylation sites (N-methyl/N-ethyl adjacent to an activating group) is 1. The average Bonchev–Trinajstić information content (AvgIpc) is 2.81. The SMILES string of the molecule is CCN1CCN(c2cc(CNC(=NC)NC3CCCC(S(=O)CC)C3)ccn2)CC1. The molecule has 8 heteroatoms. The van der Waals surface area contributed by atoms with Gasteiger partial charge in [0.2, 0.25) is 0 Å². The lowest BCUT2D eigenvalue weighted by atomic mass is 9.95. The molecule has 1 aliphatic carbocycles. The number of aromatic nitrogens is 1. The van der Waals surface area contributed by atoms with Gasteiger partial charge in [0.05, 0.1) is 0 Å². The molecule has 168 valence electrons. The van der Waals surface area contributed by atoms with Crippen LogP contribution in [-0.4, -0.2) is 76.9 Å². The van der Waals surface area contributed by atoms with Gasteiger partial charge in [-0.25, -0.2) is 4.98 Å². The van der Waals surface area contributed by atoms with Crippen molar-refractivity contribution >= 4 is 22.6 Å². The van der Waals surface area contributed by atoms with E-state index in [2.05, 4.69) is 49.5 Å². The van der Waals surface area contributed by atoms with Crippen molar-refractivity contribution in [1.29, 1.82) is 0 Å². The van der Waals surface area contributed by atoms with E-state index in [-0.39, 0.29) is 0 Å². The van der Waals surface area contributed by atoms with Crippen LogP contribution in [-0.2, 0) is 17.3 Å². The Morgan fingerprint density at radius 3 is 2.77 bits per heavy atom. The van der Waals surface area contributed by atoms with E-state index in [1.165, 1.54) is 5.56 Å². The van der Waals surface area contributed by atoms with Crippen molar-refractivity contribution in [3.05, 3.63) is 23.9 Å². The molecule has 1 aromatic heterocycles. The van der Waals surface area contributed by atoms with Gasteiger partial charge < -0.3 is 20.4 Å². The fourth-order valence-corrected chi connectivity index (χ4v) is 5.71.